The summed E-state index contributed by atoms with van der Waals surface area (Å²) in [5.41, 5.74) is 6.61. The molecule has 3 aromatic heterocycles. The molecule has 2 aromatic carbocycles. The number of anilines is 1. The number of aromatic nitrogens is 4. The highest BCUT2D eigenvalue weighted by Crippen LogP contribution is 2.28. The van der Waals surface area contributed by atoms with Crippen LogP contribution in [0.1, 0.15) is 21.6 Å². The van der Waals surface area contributed by atoms with Gasteiger partial charge >= 0.3 is 0 Å². The zero-order valence-electron chi connectivity index (χ0n) is 17.3. The maximum Gasteiger partial charge on any atom is 0.259 e. The molecule has 5 aromatic rings. The van der Waals surface area contributed by atoms with Crippen LogP contribution in [0, 0.1) is 13.8 Å². The van der Waals surface area contributed by atoms with Crippen molar-refractivity contribution in [2.45, 2.75) is 13.8 Å². The van der Waals surface area contributed by atoms with Crippen LogP contribution in [-0.4, -0.2) is 25.1 Å². The molecule has 0 aliphatic heterocycles. The summed E-state index contributed by atoms with van der Waals surface area (Å²) in [6.45, 7) is 3.93. The maximum atomic E-state index is 13.1. The van der Waals surface area contributed by atoms with Crippen LogP contribution in [0.25, 0.3) is 22.6 Å². The molecule has 0 unspecified atom stereocenters. The summed E-state index contributed by atoms with van der Waals surface area (Å²) in [5, 5.41) is 7.46. The standard InChI is InChI=1S/C25H21N5O/c1-17-9-8-14-29-16-23(27-24(17)29)20-12-6-7-13-22(20)28-25(31)21-15-26-30(18(21)2)19-10-4-3-5-11-19/h3-16H,1-2H3,(H,28,31). The average Bonchev–Trinajstić information content (AvgIpc) is 3.39. The molecule has 0 saturated carbocycles. The number of benzene rings is 2. The third kappa shape index (κ3) is 3.38. The number of nitrogens with zero attached hydrogens (tertiary/aromatic N) is 4. The fourth-order valence-electron chi connectivity index (χ4n) is 3.75. The van der Waals surface area contributed by atoms with E-state index in [2.05, 4.69) is 10.4 Å². The number of pyridine rings is 1. The Morgan fingerprint density at radius 3 is 2.52 bits per heavy atom. The molecule has 0 fully saturated rings. The van der Waals surface area contributed by atoms with Crippen molar-refractivity contribution in [1.29, 1.82) is 0 Å². The van der Waals surface area contributed by atoms with Crippen molar-refractivity contribution < 1.29 is 4.79 Å². The Bertz CT molecular complexity index is 1400. The van der Waals surface area contributed by atoms with Crippen LogP contribution in [0.15, 0.2) is 85.3 Å². The van der Waals surface area contributed by atoms with Crippen LogP contribution in [-0.2, 0) is 0 Å². The molecule has 1 N–H and O–H groups in total. The van der Waals surface area contributed by atoms with Crippen LogP contribution in [0.3, 0.4) is 0 Å². The maximum absolute atomic E-state index is 13.1. The lowest BCUT2D eigenvalue weighted by Gasteiger charge is -2.10. The molecule has 0 radical (unpaired) electrons. The van der Waals surface area contributed by atoms with Crippen molar-refractivity contribution in [3.05, 3.63) is 102 Å². The Hall–Kier alpha value is -4.19. The van der Waals surface area contributed by atoms with Gasteiger partial charge in [-0.1, -0.05) is 42.5 Å². The molecule has 31 heavy (non-hydrogen) atoms. The molecule has 152 valence electrons. The van der Waals surface area contributed by atoms with Crippen molar-refractivity contribution in [3.63, 3.8) is 0 Å². The van der Waals surface area contributed by atoms with Crippen LogP contribution < -0.4 is 5.32 Å². The molecule has 1 amide bonds. The van der Waals surface area contributed by atoms with E-state index < -0.39 is 0 Å². The summed E-state index contributed by atoms with van der Waals surface area (Å²) in [6.07, 6.45) is 5.56. The van der Waals surface area contributed by atoms with Crippen LogP contribution in [0.2, 0.25) is 0 Å². The minimum absolute atomic E-state index is 0.202. The van der Waals surface area contributed by atoms with E-state index in [-0.39, 0.29) is 5.91 Å². The Balaban J connectivity index is 1.48. The topological polar surface area (TPSA) is 64.2 Å². The Labute approximate surface area is 179 Å². The Morgan fingerprint density at radius 2 is 1.71 bits per heavy atom. The van der Waals surface area contributed by atoms with Gasteiger partial charge in [0.1, 0.15) is 5.65 Å². The zero-order chi connectivity index (χ0) is 21.4. The quantitative estimate of drug-likeness (QED) is 0.453. The van der Waals surface area contributed by atoms with Gasteiger partial charge in [0.2, 0.25) is 0 Å². The first kappa shape index (κ1) is 18.8. The average molecular weight is 407 g/mol. The monoisotopic (exact) mass is 407 g/mol. The van der Waals surface area contributed by atoms with E-state index in [1.165, 1.54) is 0 Å². The number of carbonyl (C=O) groups excluding carboxylic acids is 1. The number of carbonyl (C=O) groups is 1. The number of para-hydroxylation sites is 2. The van der Waals surface area contributed by atoms with E-state index in [1.54, 1.807) is 10.9 Å². The molecule has 0 aliphatic carbocycles. The molecule has 0 atom stereocenters. The largest absolute Gasteiger partial charge is 0.321 e. The van der Waals surface area contributed by atoms with Gasteiger partial charge in [-0.05, 0) is 43.7 Å². The van der Waals surface area contributed by atoms with Gasteiger partial charge in [0.05, 0.1) is 34.5 Å². The second-order valence-electron chi connectivity index (χ2n) is 7.44. The fraction of sp³-hybridized carbons (Fsp3) is 0.0800. The molecule has 6 nitrogen and oxygen atoms in total. The van der Waals surface area contributed by atoms with Gasteiger partial charge in [-0.25, -0.2) is 9.67 Å². The van der Waals surface area contributed by atoms with E-state index in [0.717, 1.165) is 33.8 Å². The highest BCUT2D eigenvalue weighted by molar-refractivity contribution is 6.06. The third-order valence-electron chi connectivity index (χ3n) is 5.38. The first-order valence-corrected chi connectivity index (χ1v) is 10.1. The molecule has 0 aliphatic rings. The van der Waals surface area contributed by atoms with Crippen molar-refractivity contribution >= 4 is 17.2 Å². The molecular formula is C25H21N5O. The van der Waals surface area contributed by atoms with E-state index in [4.69, 9.17) is 4.98 Å². The minimum atomic E-state index is -0.202. The number of hydrogen-bond acceptors (Lipinski definition) is 3. The van der Waals surface area contributed by atoms with Gasteiger partial charge < -0.3 is 9.72 Å². The van der Waals surface area contributed by atoms with Gasteiger partial charge in [0, 0.05) is 18.0 Å². The first-order valence-electron chi connectivity index (χ1n) is 10.1. The SMILES string of the molecule is Cc1cccn2cc(-c3ccccc3NC(=O)c3cnn(-c4ccccc4)c3C)nc12. The lowest BCUT2D eigenvalue weighted by molar-refractivity contribution is 0.102. The van der Waals surface area contributed by atoms with E-state index in [1.807, 2.05) is 97.4 Å². The number of nitrogens with one attached hydrogen (secondary N) is 1. The molecule has 6 heteroatoms. The summed E-state index contributed by atoms with van der Waals surface area (Å²) in [4.78, 5) is 17.9. The van der Waals surface area contributed by atoms with Gasteiger partial charge in [-0.15, -0.1) is 0 Å². The molecule has 0 bridgehead atoms. The van der Waals surface area contributed by atoms with Gasteiger partial charge in [-0.2, -0.15) is 5.10 Å². The summed E-state index contributed by atoms with van der Waals surface area (Å²) < 4.78 is 3.77. The van der Waals surface area contributed by atoms with Gasteiger partial charge in [0.15, 0.2) is 0 Å². The zero-order valence-corrected chi connectivity index (χ0v) is 17.3. The number of amides is 1. The number of imidazole rings is 1. The third-order valence-corrected chi connectivity index (χ3v) is 5.38. The second kappa shape index (κ2) is 7.57. The molecule has 5 rings (SSSR count). The number of hydrogen-bond donors (Lipinski definition) is 1. The highest BCUT2D eigenvalue weighted by Gasteiger charge is 2.17. The normalized spacial score (nSPS) is 11.0. The molecular weight excluding hydrogens is 386 g/mol. The van der Waals surface area contributed by atoms with Crippen molar-refractivity contribution in [2.24, 2.45) is 0 Å². The minimum Gasteiger partial charge on any atom is -0.321 e. The van der Waals surface area contributed by atoms with Gasteiger partial charge in [0.25, 0.3) is 5.91 Å². The summed E-state index contributed by atoms with van der Waals surface area (Å²) in [6, 6.07) is 21.5. The summed E-state index contributed by atoms with van der Waals surface area (Å²) >= 11 is 0. The fourth-order valence-corrected chi connectivity index (χ4v) is 3.75. The van der Waals surface area contributed by atoms with E-state index >= 15 is 0 Å². The van der Waals surface area contributed by atoms with Crippen molar-refractivity contribution in [2.75, 3.05) is 5.32 Å². The Morgan fingerprint density at radius 1 is 0.935 bits per heavy atom. The predicted octanol–water partition coefficient (Wildman–Crippen LogP) is 5.06. The summed E-state index contributed by atoms with van der Waals surface area (Å²) in [7, 11) is 0. The van der Waals surface area contributed by atoms with Gasteiger partial charge in [-0.3, -0.25) is 4.79 Å². The van der Waals surface area contributed by atoms with Crippen molar-refractivity contribution in [1.82, 2.24) is 19.2 Å². The smallest absolute Gasteiger partial charge is 0.259 e. The number of aryl methyl sites for hydroxylation is 1. The van der Waals surface area contributed by atoms with Crippen molar-refractivity contribution in [3.8, 4) is 16.9 Å². The van der Waals surface area contributed by atoms with Crippen LogP contribution in [0.5, 0.6) is 0 Å². The number of rotatable bonds is 4. The lowest BCUT2D eigenvalue weighted by atomic mass is 10.1. The van der Waals surface area contributed by atoms with Crippen LogP contribution >= 0.6 is 0 Å². The molecule has 0 saturated heterocycles. The first-order chi connectivity index (χ1) is 15.1. The Kier molecular flexibility index (Phi) is 4.59. The van der Waals surface area contributed by atoms with Crippen LogP contribution in [0.4, 0.5) is 5.69 Å². The molecule has 0 spiro atoms. The predicted molar refractivity (Wildman–Crippen MR) is 122 cm³/mol. The highest BCUT2D eigenvalue weighted by atomic mass is 16.1. The second-order valence-corrected chi connectivity index (χ2v) is 7.44. The number of fused-ring (bicyclic) bond motifs is 1. The van der Waals surface area contributed by atoms with E-state index in [9.17, 15) is 4.79 Å². The molecule has 3 heterocycles. The summed E-state index contributed by atoms with van der Waals surface area (Å²) in [5.74, 6) is -0.202. The van der Waals surface area contributed by atoms with E-state index in [0.29, 0.717) is 11.3 Å². The lowest BCUT2D eigenvalue weighted by Crippen LogP contribution is -2.13.